The molecule has 0 bridgehead atoms. The molecule has 0 aliphatic rings. The molecule has 8 nitrogen and oxygen atoms in total. The molecular formula is C38H32ClN3O5S. The van der Waals surface area contributed by atoms with Crippen molar-refractivity contribution in [2.24, 2.45) is 0 Å². The Bertz CT molecular complexity index is 1920. The van der Waals surface area contributed by atoms with Crippen LogP contribution < -0.4 is 25.4 Å². The number of carbonyl (C=O) groups is 3. The van der Waals surface area contributed by atoms with E-state index >= 15 is 0 Å². The van der Waals surface area contributed by atoms with Gasteiger partial charge in [-0.1, -0.05) is 66.2 Å². The summed E-state index contributed by atoms with van der Waals surface area (Å²) in [5.41, 5.74) is 2.89. The number of methoxy groups -OCH3 is 2. The van der Waals surface area contributed by atoms with Crippen LogP contribution in [0.25, 0.3) is 6.08 Å². The van der Waals surface area contributed by atoms with Gasteiger partial charge in [-0.2, -0.15) is 0 Å². The first-order valence-corrected chi connectivity index (χ1v) is 16.1. The van der Waals surface area contributed by atoms with Crippen molar-refractivity contribution >= 4 is 58.5 Å². The maximum atomic E-state index is 13.6. The average Bonchev–Trinajstić information content (AvgIpc) is 3.11. The molecule has 0 radical (unpaired) electrons. The van der Waals surface area contributed by atoms with Gasteiger partial charge in [0.25, 0.3) is 11.8 Å². The van der Waals surface area contributed by atoms with Crippen LogP contribution in [-0.2, 0) is 9.59 Å². The summed E-state index contributed by atoms with van der Waals surface area (Å²) in [5, 5.41) is 8.52. The van der Waals surface area contributed by atoms with Gasteiger partial charge in [-0.3, -0.25) is 14.4 Å². The molecule has 1 atom stereocenters. The number of hydrogen-bond donors (Lipinski definition) is 3. The fourth-order valence-corrected chi connectivity index (χ4v) is 5.88. The van der Waals surface area contributed by atoms with Gasteiger partial charge in [0.1, 0.15) is 22.4 Å². The van der Waals surface area contributed by atoms with Gasteiger partial charge in [0.2, 0.25) is 5.91 Å². The van der Waals surface area contributed by atoms with Gasteiger partial charge in [-0.15, -0.1) is 11.8 Å². The molecule has 3 amide bonds. The van der Waals surface area contributed by atoms with Crippen molar-refractivity contribution in [3.63, 3.8) is 0 Å². The molecule has 5 rings (SSSR count). The smallest absolute Gasteiger partial charge is 0.272 e. The zero-order valence-electron chi connectivity index (χ0n) is 26.1. The molecule has 242 valence electrons. The van der Waals surface area contributed by atoms with Crippen LogP contribution in [-0.4, -0.2) is 31.9 Å². The Morgan fingerprint density at radius 1 is 0.729 bits per heavy atom. The van der Waals surface area contributed by atoms with E-state index in [4.69, 9.17) is 21.1 Å². The third-order valence-electron chi connectivity index (χ3n) is 7.07. The van der Waals surface area contributed by atoms with Crippen LogP contribution in [0.3, 0.4) is 0 Å². The zero-order valence-corrected chi connectivity index (χ0v) is 27.7. The average molecular weight is 678 g/mol. The van der Waals surface area contributed by atoms with Gasteiger partial charge in [0, 0.05) is 38.5 Å². The monoisotopic (exact) mass is 677 g/mol. The van der Waals surface area contributed by atoms with E-state index in [9.17, 15) is 14.4 Å². The second-order valence-corrected chi connectivity index (χ2v) is 12.0. The van der Waals surface area contributed by atoms with Crippen molar-refractivity contribution in [2.75, 3.05) is 24.9 Å². The Balaban J connectivity index is 1.36. The zero-order chi connectivity index (χ0) is 33.9. The quantitative estimate of drug-likeness (QED) is 0.0908. The lowest BCUT2D eigenvalue weighted by atomic mass is 10.1. The Kier molecular flexibility index (Phi) is 11.5. The highest BCUT2D eigenvalue weighted by atomic mass is 35.5. The Morgan fingerprint density at radius 3 is 2.10 bits per heavy atom. The van der Waals surface area contributed by atoms with Gasteiger partial charge in [0.15, 0.2) is 0 Å². The molecule has 1 unspecified atom stereocenters. The summed E-state index contributed by atoms with van der Waals surface area (Å²) in [7, 11) is 3.06. The largest absolute Gasteiger partial charge is 0.497 e. The summed E-state index contributed by atoms with van der Waals surface area (Å²) in [6.45, 7) is 0. The first-order chi connectivity index (χ1) is 23.3. The van der Waals surface area contributed by atoms with E-state index in [0.29, 0.717) is 39.0 Å². The maximum Gasteiger partial charge on any atom is 0.272 e. The van der Waals surface area contributed by atoms with Crippen LogP contribution in [0.2, 0.25) is 5.02 Å². The fourth-order valence-electron chi connectivity index (χ4n) is 4.66. The second-order valence-electron chi connectivity index (χ2n) is 10.4. The minimum Gasteiger partial charge on any atom is -0.497 e. The normalized spacial score (nSPS) is 11.6. The minimum atomic E-state index is -0.562. The first kappa shape index (κ1) is 33.8. The summed E-state index contributed by atoms with van der Waals surface area (Å²) in [6, 6.07) is 37.3. The number of nitrogens with one attached hydrogen (secondary N) is 3. The molecule has 0 spiro atoms. The lowest BCUT2D eigenvalue weighted by molar-refractivity contribution is -0.116. The molecule has 0 aliphatic heterocycles. The molecule has 0 saturated heterocycles. The number of ether oxygens (including phenoxy) is 2. The van der Waals surface area contributed by atoms with E-state index in [0.717, 1.165) is 10.5 Å². The molecule has 5 aromatic rings. The highest BCUT2D eigenvalue weighted by Crippen LogP contribution is 2.37. The molecule has 0 heterocycles. The van der Waals surface area contributed by atoms with Crippen LogP contribution in [0.4, 0.5) is 11.4 Å². The van der Waals surface area contributed by atoms with Gasteiger partial charge in [-0.05, 0) is 78.4 Å². The van der Waals surface area contributed by atoms with Crippen LogP contribution in [0, 0.1) is 0 Å². The predicted molar refractivity (Wildman–Crippen MR) is 192 cm³/mol. The predicted octanol–water partition coefficient (Wildman–Crippen LogP) is 8.24. The standard InChI is InChI=1S/C38H32ClN3O5S/c1-46-31-19-16-27(34(24-31)47-2)22-33(42-36(43)26-12-7-4-8-13-26)37(44)40-29-17-20-32(21-18-29)48-35(25-10-5-3-6-11-25)38(45)41-30-15-9-14-28(39)23-30/h3-24,35H,1-2H3,(H,40,44)(H,41,45)(H,42,43)/b33-22-. The van der Waals surface area contributed by atoms with Crippen molar-refractivity contribution < 1.29 is 23.9 Å². The molecule has 10 heteroatoms. The summed E-state index contributed by atoms with van der Waals surface area (Å²) in [4.78, 5) is 41.0. The summed E-state index contributed by atoms with van der Waals surface area (Å²) in [5.74, 6) is -0.149. The van der Waals surface area contributed by atoms with E-state index in [-0.39, 0.29) is 11.6 Å². The van der Waals surface area contributed by atoms with E-state index in [1.165, 1.54) is 18.9 Å². The first-order valence-electron chi connectivity index (χ1n) is 14.8. The van der Waals surface area contributed by atoms with Crippen LogP contribution >= 0.6 is 23.4 Å². The number of hydrogen-bond acceptors (Lipinski definition) is 6. The van der Waals surface area contributed by atoms with Gasteiger partial charge in [-0.25, -0.2) is 0 Å². The molecular weight excluding hydrogens is 646 g/mol. The summed E-state index contributed by atoms with van der Waals surface area (Å²) >= 11 is 7.49. The SMILES string of the molecule is COc1ccc(/C=C(\NC(=O)c2ccccc2)C(=O)Nc2ccc(SC(C(=O)Nc3cccc(Cl)c3)c3ccccc3)cc2)c(OC)c1. The molecule has 0 aromatic heterocycles. The van der Waals surface area contributed by atoms with E-state index in [2.05, 4.69) is 16.0 Å². The van der Waals surface area contributed by atoms with Gasteiger partial charge in [0.05, 0.1) is 14.2 Å². The highest BCUT2D eigenvalue weighted by molar-refractivity contribution is 8.00. The number of carbonyl (C=O) groups excluding carboxylic acids is 3. The Morgan fingerprint density at radius 2 is 1.44 bits per heavy atom. The number of anilines is 2. The molecule has 0 saturated carbocycles. The second kappa shape index (κ2) is 16.4. The van der Waals surface area contributed by atoms with Gasteiger partial charge >= 0.3 is 0 Å². The number of rotatable bonds is 12. The van der Waals surface area contributed by atoms with E-state index < -0.39 is 17.1 Å². The molecule has 48 heavy (non-hydrogen) atoms. The number of halogens is 1. The van der Waals surface area contributed by atoms with Crippen LogP contribution in [0.15, 0.2) is 138 Å². The maximum absolute atomic E-state index is 13.6. The number of amides is 3. The summed E-state index contributed by atoms with van der Waals surface area (Å²) in [6.07, 6.45) is 1.54. The molecule has 0 fully saturated rings. The van der Waals surface area contributed by atoms with Gasteiger partial charge < -0.3 is 25.4 Å². The lowest BCUT2D eigenvalue weighted by Crippen LogP contribution is -2.30. The fraction of sp³-hybridized carbons (Fsp3) is 0.0789. The van der Waals surface area contributed by atoms with Crippen LogP contribution in [0.1, 0.15) is 26.7 Å². The van der Waals surface area contributed by atoms with E-state index in [1.807, 2.05) is 42.5 Å². The Labute approximate surface area is 288 Å². The van der Waals surface area contributed by atoms with Crippen molar-refractivity contribution in [3.8, 4) is 11.5 Å². The van der Waals surface area contributed by atoms with Crippen molar-refractivity contribution in [1.29, 1.82) is 0 Å². The topological polar surface area (TPSA) is 106 Å². The van der Waals surface area contributed by atoms with E-state index in [1.54, 1.807) is 98.1 Å². The summed E-state index contributed by atoms with van der Waals surface area (Å²) < 4.78 is 10.8. The highest BCUT2D eigenvalue weighted by Gasteiger charge is 2.23. The third kappa shape index (κ3) is 9.06. The lowest BCUT2D eigenvalue weighted by Gasteiger charge is -2.18. The molecule has 3 N–H and O–H groups in total. The van der Waals surface area contributed by atoms with Crippen molar-refractivity contribution in [2.45, 2.75) is 10.1 Å². The minimum absolute atomic E-state index is 0.00704. The number of benzene rings is 5. The molecule has 0 aliphatic carbocycles. The van der Waals surface area contributed by atoms with Crippen molar-refractivity contribution in [1.82, 2.24) is 5.32 Å². The Hall–Kier alpha value is -5.51. The van der Waals surface area contributed by atoms with Crippen molar-refractivity contribution in [3.05, 3.63) is 155 Å². The third-order valence-corrected chi connectivity index (χ3v) is 8.57. The van der Waals surface area contributed by atoms with Crippen LogP contribution in [0.5, 0.6) is 11.5 Å². The molecule has 5 aromatic carbocycles. The number of thioether (sulfide) groups is 1.